The van der Waals surface area contributed by atoms with Gasteiger partial charge in [-0.15, -0.1) is 10.2 Å². The van der Waals surface area contributed by atoms with E-state index in [1.54, 1.807) is 14.0 Å². The number of aryl methyl sites for hydroxylation is 2. The van der Waals surface area contributed by atoms with Gasteiger partial charge in [0, 0.05) is 33.4 Å². The standard InChI is InChI=1S/C9H15N3O3/c1-7-11-12-9(15-7)4-3-8(13)10-5-6-14-2/h3-6H2,1-2H3,(H,10,13). The molecule has 0 spiro atoms. The predicted molar refractivity (Wildman–Crippen MR) is 52.2 cm³/mol. The highest BCUT2D eigenvalue weighted by Gasteiger charge is 2.06. The average Bonchev–Trinajstić information content (AvgIpc) is 2.62. The van der Waals surface area contributed by atoms with E-state index in [9.17, 15) is 4.79 Å². The molecule has 6 nitrogen and oxygen atoms in total. The van der Waals surface area contributed by atoms with Crippen molar-refractivity contribution < 1.29 is 13.9 Å². The molecule has 0 atom stereocenters. The molecule has 1 amide bonds. The monoisotopic (exact) mass is 213 g/mol. The number of nitrogens with zero attached hydrogens (tertiary/aromatic N) is 2. The highest BCUT2D eigenvalue weighted by Crippen LogP contribution is 2.00. The molecule has 0 aliphatic rings. The second kappa shape index (κ2) is 6.13. The first kappa shape index (κ1) is 11.6. The number of hydrogen-bond acceptors (Lipinski definition) is 5. The van der Waals surface area contributed by atoms with E-state index in [1.807, 2.05) is 0 Å². The number of amides is 1. The van der Waals surface area contributed by atoms with Crippen LogP contribution in [0.2, 0.25) is 0 Å². The topological polar surface area (TPSA) is 77.2 Å². The maximum Gasteiger partial charge on any atom is 0.220 e. The molecular weight excluding hydrogens is 198 g/mol. The van der Waals surface area contributed by atoms with Crippen LogP contribution in [-0.2, 0) is 16.0 Å². The SMILES string of the molecule is COCCNC(=O)CCc1nnc(C)o1. The molecule has 0 aliphatic carbocycles. The highest BCUT2D eigenvalue weighted by atomic mass is 16.5. The zero-order chi connectivity index (χ0) is 11.1. The summed E-state index contributed by atoms with van der Waals surface area (Å²) in [7, 11) is 1.59. The molecule has 15 heavy (non-hydrogen) atoms. The maximum absolute atomic E-state index is 11.2. The molecule has 1 N–H and O–H groups in total. The summed E-state index contributed by atoms with van der Waals surface area (Å²) >= 11 is 0. The lowest BCUT2D eigenvalue weighted by Gasteiger charge is -2.02. The van der Waals surface area contributed by atoms with Crippen LogP contribution in [-0.4, -0.2) is 36.4 Å². The van der Waals surface area contributed by atoms with Gasteiger partial charge in [-0.1, -0.05) is 0 Å². The summed E-state index contributed by atoms with van der Waals surface area (Å²) in [4.78, 5) is 11.2. The first-order valence-corrected chi connectivity index (χ1v) is 4.77. The van der Waals surface area contributed by atoms with Crippen molar-refractivity contribution in [2.24, 2.45) is 0 Å². The quantitative estimate of drug-likeness (QED) is 0.677. The number of carbonyl (C=O) groups is 1. The Morgan fingerprint density at radius 2 is 2.33 bits per heavy atom. The van der Waals surface area contributed by atoms with Gasteiger partial charge in [-0.3, -0.25) is 4.79 Å². The summed E-state index contributed by atoms with van der Waals surface area (Å²) in [5.41, 5.74) is 0. The molecule has 0 saturated carbocycles. The van der Waals surface area contributed by atoms with Gasteiger partial charge in [-0.05, 0) is 0 Å². The smallest absolute Gasteiger partial charge is 0.220 e. The van der Waals surface area contributed by atoms with Crippen LogP contribution in [0.15, 0.2) is 4.42 Å². The molecule has 1 aromatic rings. The molecule has 0 bridgehead atoms. The third-order valence-electron chi connectivity index (χ3n) is 1.76. The van der Waals surface area contributed by atoms with Crippen LogP contribution in [0.4, 0.5) is 0 Å². The Kier molecular flexibility index (Phi) is 4.76. The van der Waals surface area contributed by atoms with Crippen LogP contribution in [0.1, 0.15) is 18.2 Å². The van der Waals surface area contributed by atoms with Crippen LogP contribution in [0.25, 0.3) is 0 Å². The number of rotatable bonds is 6. The number of aromatic nitrogens is 2. The van der Waals surface area contributed by atoms with E-state index in [1.165, 1.54) is 0 Å². The molecule has 0 unspecified atom stereocenters. The minimum atomic E-state index is -0.0390. The normalized spacial score (nSPS) is 10.3. The van der Waals surface area contributed by atoms with Gasteiger partial charge in [0.1, 0.15) is 0 Å². The average molecular weight is 213 g/mol. The lowest BCUT2D eigenvalue weighted by atomic mass is 10.3. The van der Waals surface area contributed by atoms with E-state index in [-0.39, 0.29) is 5.91 Å². The Hall–Kier alpha value is -1.43. The van der Waals surface area contributed by atoms with Crippen LogP contribution in [0.3, 0.4) is 0 Å². The van der Waals surface area contributed by atoms with Gasteiger partial charge in [0.25, 0.3) is 0 Å². The van der Waals surface area contributed by atoms with Crippen molar-refractivity contribution in [1.29, 1.82) is 0 Å². The first-order chi connectivity index (χ1) is 7.22. The molecule has 6 heteroatoms. The molecule has 84 valence electrons. The third kappa shape index (κ3) is 4.55. The number of hydrogen-bond donors (Lipinski definition) is 1. The van der Waals surface area contributed by atoms with Crippen molar-refractivity contribution in [2.75, 3.05) is 20.3 Å². The molecular formula is C9H15N3O3. The summed E-state index contributed by atoms with van der Waals surface area (Å²) in [6.07, 6.45) is 0.824. The molecule has 0 aliphatic heterocycles. The summed E-state index contributed by atoms with van der Waals surface area (Å²) < 4.78 is 9.94. The largest absolute Gasteiger partial charge is 0.426 e. The fourth-order valence-electron chi connectivity index (χ4n) is 1.04. The van der Waals surface area contributed by atoms with E-state index in [2.05, 4.69) is 15.5 Å². The lowest BCUT2D eigenvalue weighted by Crippen LogP contribution is -2.27. The lowest BCUT2D eigenvalue weighted by molar-refractivity contribution is -0.121. The highest BCUT2D eigenvalue weighted by molar-refractivity contribution is 5.75. The van der Waals surface area contributed by atoms with Gasteiger partial charge >= 0.3 is 0 Å². The van der Waals surface area contributed by atoms with Crippen LogP contribution in [0, 0.1) is 6.92 Å². The van der Waals surface area contributed by atoms with E-state index in [0.29, 0.717) is 37.8 Å². The Labute approximate surface area is 88.0 Å². The Balaban J connectivity index is 2.16. The van der Waals surface area contributed by atoms with Gasteiger partial charge in [0.05, 0.1) is 6.61 Å². The molecule has 1 aromatic heterocycles. The summed E-state index contributed by atoms with van der Waals surface area (Å²) in [6.45, 7) is 2.76. The molecule has 1 heterocycles. The molecule has 1 rings (SSSR count). The first-order valence-electron chi connectivity index (χ1n) is 4.77. The van der Waals surface area contributed by atoms with Gasteiger partial charge in [-0.2, -0.15) is 0 Å². The Morgan fingerprint density at radius 1 is 1.53 bits per heavy atom. The summed E-state index contributed by atoms with van der Waals surface area (Å²) in [6, 6.07) is 0. The van der Waals surface area contributed by atoms with Crippen LogP contribution in [0.5, 0.6) is 0 Å². The van der Waals surface area contributed by atoms with Crippen LogP contribution >= 0.6 is 0 Å². The van der Waals surface area contributed by atoms with Crippen molar-refractivity contribution in [3.05, 3.63) is 11.8 Å². The molecule has 0 fully saturated rings. The second-order valence-electron chi connectivity index (χ2n) is 3.06. The van der Waals surface area contributed by atoms with E-state index in [0.717, 1.165) is 0 Å². The molecule has 0 aromatic carbocycles. The fourth-order valence-corrected chi connectivity index (χ4v) is 1.04. The van der Waals surface area contributed by atoms with Crippen LogP contribution < -0.4 is 5.32 Å². The van der Waals surface area contributed by atoms with E-state index < -0.39 is 0 Å². The summed E-state index contributed by atoms with van der Waals surface area (Å²) in [5, 5.41) is 10.2. The van der Waals surface area contributed by atoms with Crippen molar-refractivity contribution in [2.45, 2.75) is 19.8 Å². The van der Waals surface area contributed by atoms with E-state index in [4.69, 9.17) is 9.15 Å². The van der Waals surface area contributed by atoms with Crippen molar-refractivity contribution in [1.82, 2.24) is 15.5 Å². The van der Waals surface area contributed by atoms with Crippen molar-refractivity contribution >= 4 is 5.91 Å². The minimum Gasteiger partial charge on any atom is -0.426 e. The zero-order valence-corrected chi connectivity index (χ0v) is 8.95. The number of ether oxygens (including phenoxy) is 1. The number of nitrogens with one attached hydrogen (secondary N) is 1. The van der Waals surface area contributed by atoms with Crippen molar-refractivity contribution in [3.8, 4) is 0 Å². The van der Waals surface area contributed by atoms with E-state index >= 15 is 0 Å². The maximum atomic E-state index is 11.2. The molecule has 0 saturated heterocycles. The predicted octanol–water partition coefficient (Wildman–Crippen LogP) is 0.0732. The number of carbonyl (C=O) groups excluding carboxylic acids is 1. The van der Waals surface area contributed by atoms with Gasteiger partial charge in [0.2, 0.25) is 17.7 Å². The third-order valence-corrected chi connectivity index (χ3v) is 1.76. The fraction of sp³-hybridized carbons (Fsp3) is 0.667. The van der Waals surface area contributed by atoms with Crippen molar-refractivity contribution in [3.63, 3.8) is 0 Å². The van der Waals surface area contributed by atoms with Gasteiger partial charge in [0.15, 0.2) is 0 Å². The van der Waals surface area contributed by atoms with Gasteiger partial charge < -0.3 is 14.5 Å². The second-order valence-corrected chi connectivity index (χ2v) is 3.06. The summed E-state index contributed by atoms with van der Waals surface area (Å²) in [5.74, 6) is 0.974. The number of methoxy groups -OCH3 is 1. The van der Waals surface area contributed by atoms with Gasteiger partial charge in [-0.25, -0.2) is 0 Å². The Bertz CT molecular complexity index is 311. The molecule has 0 radical (unpaired) electrons. The minimum absolute atomic E-state index is 0.0390. The Morgan fingerprint density at radius 3 is 2.93 bits per heavy atom. The zero-order valence-electron chi connectivity index (χ0n) is 8.95.